The molecule has 1 aromatic rings. The number of carboxylic acids is 1. The third kappa shape index (κ3) is 3.55. The number of anilines is 1. The average Bonchev–Trinajstić information content (AvgIpc) is 2.27. The van der Waals surface area contributed by atoms with Gasteiger partial charge in [-0.3, -0.25) is 4.98 Å². The molecule has 0 amide bonds. The molecule has 1 unspecified atom stereocenters. The molecule has 84 valence electrons. The van der Waals surface area contributed by atoms with Crippen LogP contribution in [0.1, 0.15) is 16.9 Å². The largest absolute Gasteiger partial charge is 0.476 e. The van der Waals surface area contributed by atoms with Crippen LogP contribution in [0.25, 0.3) is 0 Å². The quantitative estimate of drug-likeness (QED) is 0.604. The number of aromatic nitrogens is 2. The van der Waals surface area contributed by atoms with E-state index in [1.807, 2.05) is 0 Å². The smallest absolute Gasteiger partial charge is 0.356 e. The molecule has 6 heteroatoms. The number of rotatable bonds is 5. The predicted octanol–water partition coefficient (Wildman–Crippen LogP) is -0.0291. The molecule has 0 bridgehead atoms. The standard InChI is InChI=1S/C10H11N3O3/c1-2-3-7(14)4-12-9-6-11-5-8(13-9)10(15)16/h1,5-7,14H,3-4H2,(H,12,13)(H,15,16). The molecule has 0 aliphatic carbocycles. The highest BCUT2D eigenvalue weighted by Crippen LogP contribution is 2.02. The van der Waals surface area contributed by atoms with Crippen molar-refractivity contribution in [2.24, 2.45) is 0 Å². The maximum atomic E-state index is 10.6. The lowest BCUT2D eigenvalue weighted by atomic mass is 10.2. The number of nitrogens with zero attached hydrogens (tertiary/aromatic N) is 2. The van der Waals surface area contributed by atoms with Gasteiger partial charge < -0.3 is 15.5 Å². The molecule has 0 aromatic carbocycles. The number of hydrogen-bond donors (Lipinski definition) is 3. The molecule has 1 rings (SSSR count). The van der Waals surface area contributed by atoms with Gasteiger partial charge in [-0.2, -0.15) is 0 Å². The first kappa shape index (κ1) is 11.9. The summed E-state index contributed by atoms with van der Waals surface area (Å²) in [5.74, 6) is 1.45. The van der Waals surface area contributed by atoms with Crippen LogP contribution in [-0.2, 0) is 0 Å². The minimum atomic E-state index is -1.15. The van der Waals surface area contributed by atoms with Crippen LogP contribution < -0.4 is 5.32 Å². The third-order valence-electron chi connectivity index (χ3n) is 1.73. The number of aromatic carboxylic acids is 1. The fourth-order valence-corrected chi connectivity index (χ4v) is 0.985. The second-order valence-electron chi connectivity index (χ2n) is 3.04. The molecule has 1 aromatic heterocycles. The van der Waals surface area contributed by atoms with Crippen molar-refractivity contribution in [2.75, 3.05) is 11.9 Å². The van der Waals surface area contributed by atoms with Crippen molar-refractivity contribution in [1.82, 2.24) is 9.97 Å². The molecule has 16 heavy (non-hydrogen) atoms. The van der Waals surface area contributed by atoms with Crippen LogP contribution >= 0.6 is 0 Å². The van der Waals surface area contributed by atoms with Gasteiger partial charge in [0.1, 0.15) is 5.82 Å². The molecule has 0 fully saturated rings. The van der Waals surface area contributed by atoms with Crippen LogP contribution in [0.2, 0.25) is 0 Å². The number of carbonyl (C=O) groups is 1. The maximum Gasteiger partial charge on any atom is 0.356 e. The van der Waals surface area contributed by atoms with E-state index in [2.05, 4.69) is 21.2 Å². The van der Waals surface area contributed by atoms with E-state index in [1.165, 1.54) is 6.20 Å². The molecule has 6 nitrogen and oxygen atoms in total. The zero-order valence-electron chi connectivity index (χ0n) is 8.42. The van der Waals surface area contributed by atoms with Crippen molar-refractivity contribution < 1.29 is 15.0 Å². The Morgan fingerprint density at radius 2 is 2.38 bits per heavy atom. The number of hydrogen-bond acceptors (Lipinski definition) is 5. The summed E-state index contributed by atoms with van der Waals surface area (Å²) in [6.07, 6.45) is 7.06. The van der Waals surface area contributed by atoms with Crippen molar-refractivity contribution in [2.45, 2.75) is 12.5 Å². The Hall–Kier alpha value is -2.13. The molecule has 1 heterocycles. The van der Waals surface area contributed by atoms with Crippen molar-refractivity contribution in [1.29, 1.82) is 0 Å². The number of carboxylic acid groups (broad SMARTS) is 1. The van der Waals surface area contributed by atoms with Gasteiger partial charge in [0, 0.05) is 13.0 Å². The van der Waals surface area contributed by atoms with Gasteiger partial charge in [0.15, 0.2) is 5.69 Å². The van der Waals surface area contributed by atoms with Gasteiger partial charge in [-0.05, 0) is 0 Å². The van der Waals surface area contributed by atoms with Crippen molar-refractivity contribution in [3.63, 3.8) is 0 Å². The second kappa shape index (κ2) is 5.68. The van der Waals surface area contributed by atoms with E-state index < -0.39 is 12.1 Å². The van der Waals surface area contributed by atoms with E-state index >= 15 is 0 Å². The van der Waals surface area contributed by atoms with Crippen LogP contribution in [0.15, 0.2) is 12.4 Å². The summed E-state index contributed by atoms with van der Waals surface area (Å²) in [6, 6.07) is 0. The SMILES string of the molecule is C#CCC(O)CNc1cncc(C(=O)O)n1. The molecule has 0 saturated carbocycles. The number of terminal acetylenes is 1. The summed E-state index contributed by atoms with van der Waals surface area (Å²) >= 11 is 0. The number of aliphatic hydroxyl groups is 1. The Bertz CT molecular complexity index is 414. The Kier molecular flexibility index (Phi) is 4.24. The number of nitrogens with one attached hydrogen (secondary N) is 1. The molecule has 3 N–H and O–H groups in total. The zero-order valence-corrected chi connectivity index (χ0v) is 8.42. The highest BCUT2D eigenvalue weighted by molar-refractivity contribution is 5.85. The lowest BCUT2D eigenvalue weighted by Gasteiger charge is -2.09. The van der Waals surface area contributed by atoms with Gasteiger partial charge in [0.2, 0.25) is 0 Å². The van der Waals surface area contributed by atoms with E-state index in [1.54, 1.807) is 0 Å². The molecule has 0 spiro atoms. The fourth-order valence-electron chi connectivity index (χ4n) is 0.985. The summed E-state index contributed by atoms with van der Waals surface area (Å²) in [5.41, 5.74) is -0.156. The summed E-state index contributed by atoms with van der Waals surface area (Å²) in [5, 5.41) is 20.7. The molecular formula is C10H11N3O3. The Balaban J connectivity index is 2.58. The fraction of sp³-hybridized carbons (Fsp3) is 0.300. The van der Waals surface area contributed by atoms with Crippen LogP contribution in [0, 0.1) is 12.3 Å². The van der Waals surface area contributed by atoms with Crippen molar-refractivity contribution in [3.8, 4) is 12.3 Å². The van der Waals surface area contributed by atoms with Gasteiger partial charge in [0.25, 0.3) is 0 Å². The molecular weight excluding hydrogens is 210 g/mol. The van der Waals surface area contributed by atoms with Crippen LogP contribution in [-0.4, -0.2) is 38.8 Å². The highest BCUT2D eigenvalue weighted by atomic mass is 16.4. The van der Waals surface area contributed by atoms with Crippen LogP contribution in [0.5, 0.6) is 0 Å². The summed E-state index contributed by atoms with van der Waals surface area (Å²) in [7, 11) is 0. The van der Waals surface area contributed by atoms with Gasteiger partial charge >= 0.3 is 5.97 Å². The van der Waals surface area contributed by atoms with Gasteiger partial charge in [-0.25, -0.2) is 9.78 Å². The maximum absolute atomic E-state index is 10.6. The number of aliphatic hydroxyl groups excluding tert-OH is 1. The Morgan fingerprint density at radius 3 is 3.00 bits per heavy atom. The monoisotopic (exact) mass is 221 g/mol. The Morgan fingerprint density at radius 1 is 1.62 bits per heavy atom. The minimum absolute atomic E-state index is 0.156. The molecule has 1 atom stereocenters. The lowest BCUT2D eigenvalue weighted by molar-refractivity contribution is 0.0690. The summed E-state index contributed by atoms with van der Waals surface area (Å²) < 4.78 is 0. The van der Waals surface area contributed by atoms with Crippen LogP contribution in [0.3, 0.4) is 0 Å². The topological polar surface area (TPSA) is 95.3 Å². The molecule has 0 aliphatic rings. The van der Waals surface area contributed by atoms with E-state index in [9.17, 15) is 9.90 Å². The zero-order chi connectivity index (χ0) is 12.0. The third-order valence-corrected chi connectivity index (χ3v) is 1.73. The predicted molar refractivity (Wildman–Crippen MR) is 56.9 cm³/mol. The molecule has 0 saturated heterocycles. The first-order valence-electron chi connectivity index (χ1n) is 4.54. The van der Waals surface area contributed by atoms with E-state index in [-0.39, 0.29) is 24.5 Å². The van der Waals surface area contributed by atoms with E-state index in [4.69, 9.17) is 11.5 Å². The van der Waals surface area contributed by atoms with Gasteiger partial charge in [0.05, 0.1) is 18.5 Å². The van der Waals surface area contributed by atoms with E-state index in [0.29, 0.717) is 0 Å². The minimum Gasteiger partial charge on any atom is -0.476 e. The van der Waals surface area contributed by atoms with Crippen molar-refractivity contribution >= 4 is 11.8 Å². The second-order valence-corrected chi connectivity index (χ2v) is 3.04. The summed E-state index contributed by atoms with van der Waals surface area (Å²) in [4.78, 5) is 18.1. The van der Waals surface area contributed by atoms with Gasteiger partial charge in [-0.1, -0.05) is 0 Å². The summed E-state index contributed by atoms with van der Waals surface area (Å²) in [6.45, 7) is 0.196. The normalized spacial score (nSPS) is 11.5. The first-order chi connectivity index (χ1) is 7.63. The van der Waals surface area contributed by atoms with Crippen LogP contribution in [0.4, 0.5) is 5.82 Å². The van der Waals surface area contributed by atoms with Gasteiger partial charge in [-0.15, -0.1) is 12.3 Å². The van der Waals surface area contributed by atoms with Crippen molar-refractivity contribution in [3.05, 3.63) is 18.1 Å². The molecule has 0 aliphatic heterocycles. The lowest BCUT2D eigenvalue weighted by Crippen LogP contribution is -2.19. The molecule has 0 radical (unpaired) electrons. The average molecular weight is 221 g/mol. The van der Waals surface area contributed by atoms with E-state index in [0.717, 1.165) is 6.20 Å². The Labute approximate surface area is 92.4 Å². The highest BCUT2D eigenvalue weighted by Gasteiger charge is 2.07. The first-order valence-corrected chi connectivity index (χ1v) is 4.54.